The fourth-order valence-electron chi connectivity index (χ4n) is 1.50. The quantitative estimate of drug-likeness (QED) is 0.588. The van der Waals surface area contributed by atoms with Gasteiger partial charge in [-0.2, -0.15) is 0 Å². The lowest BCUT2D eigenvalue weighted by molar-refractivity contribution is 0.0776. The van der Waals surface area contributed by atoms with Crippen LogP contribution in [0.2, 0.25) is 0 Å². The van der Waals surface area contributed by atoms with Gasteiger partial charge in [-0.15, -0.1) is 0 Å². The van der Waals surface area contributed by atoms with Gasteiger partial charge in [0.2, 0.25) is 0 Å². The molecule has 1 rings (SSSR count). The molecule has 0 amide bonds. The van der Waals surface area contributed by atoms with Crippen LogP contribution in [0.15, 0.2) is 0 Å². The van der Waals surface area contributed by atoms with E-state index in [0.717, 1.165) is 26.2 Å². The van der Waals surface area contributed by atoms with Gasteiger partial charge in [0.25, 0.3) is 0 Å². The minimum absolute atomic E-state index is 0.436. The lowest BCUT2D eigenvalue weighted by Crippen LogP contribution is -2.52. The standard InChI is InChI=1S/C8H16N2OS/c1-9-3-4-10(7-12)8(5-9)6-11-2/h7-8H,3-6H2,1-2H3. The van der Waals surface area contributed by atoms with Crippen molar-refractivity contribution in [3.8, 4) is 0 Å². The Bertz CT molecular complexity index is 154. The van der Waals surface area contributed by atoms with E-state index < -0.39 is 0 Å². The van der Waals surface area contributed by atoms with Gasteiger partial charge in [-0.3, -0.25) is 0 Å². The van der Waals surface area contributed by atoms with Crippen molar-refractivity contribution in [1.29, 1.82) is 0 Å². The van der Waals surface area contributed by atoms with E-state index in [0.29, 0.717) is 6.04 Å². The zero-order valence-corrected chi connectivity index (χ0v) is 8.51. The minimum atomic E-state index is 0.436. The molecule has 4 heteroatoms. The Morgan fingerprint density at radius 1 is 1.58 bits per heavy atom. The minimum Gasteiger partial charge on any atom is -0.383 e. The van der Waals surface area contributed by atoms with Gasteiger partial charge in [-0.05, 0) is 7.05 Å². The number of likely N-dealkylation sites (N-methyl/N-ethyl adjacent to an activating group) is 1. The van der Waals surface area contributed by atoms with Crippen LogP contribution in [0.3, 0.4) is 0 Å². The largest absolute Gasteiger partial charge is 0.383 e. The van der Waals surface area contributed by atoms with Gasteiger partial charge in [0.1, 0.15) is 0 Å². The molecule has 1 heterocycles. The second kappa shape index (κ2) is 4.74. The maximum Gasteiger partial charge on any atom is 0.0678 e. The molecular weight excluding hydrogens is 172 g/mol. The molecule has 0 aromatic rings. The number of hydrogen-bond donors (Lipinski definition) is 0. The number of ether oxygens (including phenoxy) is 1. The number of piperazine rings is 1. The average Bonchev–Trinajstić information content (AvgIpc) is 2.05. The number of rotatable bonds is 3. The summed E-state index contributed by atoms with van der Waals surface area (Å²) in [6, 6.07) is 0.436. The first-order chi connectivity index (χ1) is 5.77. The molecule has 0 radical (unpaired) electrons. The predicted molar refractivity (Wildman–Crippen MR) is 53.5 cm³/mol. The van der Waals surface area contributed by atoms with Gasteiger partial charge >= 0.3 is 0 Å². The van der Waals surface area contributed by atoms with Crippen LogP contribution in [0, 0.1) is 0 Å². The molecule has 0 N–H and O–H groups in total. The lowest BCUT2D eigenvalue weighted by atomic mass is 10.2. The normalized spacial score (nSPS) is 25.8. The van der Waals surface area contributed by atoms with Crippen molar-refractivity contribution >= 4 is 17.7 Å². The molecule has 1 aliphatic rings. The SMILES string of the molecule is COCC1CN(C)CCN1C=S. The summed E-state index contributed by atoms with van der Waals surface area (Å²) in [4.78, 5) is 4.48. The molecular formula is C8H16N2OS. The van der Waals surface area contributed by atoms with Crippen molar-refractivity contribution in [3.63, 3.8) is 0 Å². The summed E-state index contributed by atoms with van der Waals surface area (Å²) in [5.41, 5.74) is 1.75. The van der Waals surface area contributed by atoms with Crippen molar-refractivity contribution in [1.82, 2.24) is 9.80 Å². The highest BCUT2D eigenvalue weighted by molar-refractivity contribution is 7.78. The molecule has 0 saturated carbocycles. The number of thiocarbonyl (C=S) groups is 1. The highest BCUT2D eigenvalue weighted by Crippen LogP contribution is 2.06. The van der Waals surface area contributed by atoms with Crippen molar-refractivity contribution < 1.29 is 4.74 Å². The molecule has 1 aliphatic heterocycles. The average molecular weight is 188 g/mol. The van der Waals surface area contributed by atoms with Crippen molar-refractivity contribution in [2.75, 3.05) is 40.4 Å². The molecule has 1 atom stereocenters. The molecule has 3 nitrogen and oxygen atoms in total. The van der Waals surface area contributed by atoms with Crippen LogP contribution in [0.1, 0.15) is 0 Å². The second-order valence-electron chi connectivity index (χ2n) is 3.21. The van der Waals surface area contributed by atoms with Gasteiger partial charge in [-0.25, -0.2) is 0 Å². The highest BCUT2D eigenvalue weighted by Gasteiger charge is 2.22. The number of hydrogen-bond acceptors (Lipinski definition) is 3. The topological polar surface area (TPSA) is 15.7 Å². The Hall–Kier alpha value is -0.190. The van der Waals surface area contributed by atoms with Gasteiger partial charge < -0.3 is 14.5 Å². The monoisotopic (exact) mass is 188 g/mol. The van der Waals surface area contributed by atoms with Gasteiger partial charge in [0.05, 0.1) is 18.1 Å². The van der Waals surface area contributed by atoms with E-state index in [1.165, 1.54) is 0 Å². The zero-order valence-electron chi connectivity index (χ0n) is 7.69. The molecule has 0 bridgehead atoms. The van der Waals surface area contributed by atoms with Crippen molar-refractivity contribution in [3.05, 3.63) is 0 Å². The van der Waals surface area contributed by atoms with E-state index in [-0.39, 0.29) is 0 Å². The molecule has 12 heavy (non-hydrogen) atoms. The summed E-state index contributed by atoms with van der Waals surface area (Å²) in [5.74, 6) is 0. The maximum absolute atomic E-state index is 5.13. The second-order valence-corrected chi connectivity index (χ2v) is 3.43. The van der Waals surface area contributed by atoms with E-state index in [9.17, 15) is 0 Å². The smallest absolute Gasteiger partial charge is 0.0678 e. The van der Waals surface area contributed by atoms with Crippen LogP contribution in [-0.2, 0) is 4.74 Å². The summed E-state index contributed by atoms with van der Waals surface area (Å²) in [5, 5.41) is 0. The first-order valence-electron chi connectivity index (χ1n) is 4.16. The number of nitrogens with zero attached hydrogens (tertiary/aromatic N) is 2. The van der Waals surface area contributed by atoms with Crippen LogP contribution < -0.4 is 0 Å². The molecule has 1 fully saturated rings. The summed E-state index contributed by atoms with van der Waals surface area (Å²) in [7, 11) is 3.86. The predicted octanol–water partition coefficient (Wildman–Crippen LogP) is 0.206. The molecule has 1 unspecified atom stereocenters. The Kier molecular flexibility index (Phi) is 3.91. The third-order valence-electron chi connectivity index (χ3n) is 2.23. The van der Waals surface area contributed by atoms with Crippen LogP contribution in [-0.4, -0.2) is 61.7 Å². The van der Waals surface area contributed by atoms with Crippen LogP contribution in [0.4, 0.5) is 0 Å². The Morgan fingerprint density at radius 3 is 2.92 bits per heavy atom. The Labute approximate surface area is 79.3 Å². The molecule has 0 spiro atoms. The van der Waals surface area contributed by atoms with Gasteiger partial charge in [0, 0.05) is 26.7 Å². The van der Waals surface area contributed by atoms with Crippen molar-refractivity contribution in [2.24, 2.45) is 0 Å². The van der Waals surface area contributed by atoms with Crippen LogP contribution in [0.25, 0.3) is 0 Å². The van der Waals surface area contributed by atoms with Gasteiger partial charge in [-0.1, -0.05) is 12.2 Å². The first-order valence-corrected chi connectivity index (χ1v) is 4.63. The molecule has 0 aromatic heterocycles. The lowest BCUT2D eigenvalue weighted by Gasteiger charge is -2.38. The highest BCUT2D eigenvalue weighted by atomic mass is 32.1. The summed E-state index contributed by atoms with van der Waals surface area (Å²) in [6.07, 6.45) is 0. The van der Waals surface area contributed by atoms with Crippen LogP contribution >= 0.6 is 12.2 Å². The summed E-state index contributed by atoms with van der Waals surface area (Å²) < 4.78 is 5.13. The van der Waals surface area contributed by atoms with E-state index >= 15 is 0 Å². The molecule has 1 saturated heterocycles. The van der Waals surface area contributed by atoms with E-state index in [1.54, 1.807) is 12.6 Å². The Morgan fingerprint density at radius 2 is 2.33 bits per heavy atom. The molecule has 0 aromatic carbocycles. The zero-order chi connectivity index (χ0) is 8.97. The summed E-state index contributed by atoms with van der Waals surface area (Å²) in [6.45, 7) is 3.92. The summed E-state index contributed by atoms with van der Waals surface area (Å²) >= 11 is 4.93. The molecule has 0 aliphatic carbocycles. The molecule has 70 valence electrons. The maximum atomic E-state index is 5.13. The van der Waals surface area contributed by atoms with Crippen molar-refractivity contribution in [2.45, 2.75) is 6.04 Å². The van der Waals surface area contributed by atoms with Gasteiger partial charge in [0.15, 0.2) is 0 Å². The first kappa shape index (κ1) is 9.89. The van der Waals surface area contributed by atoms with E-state index in [1.807, 2.05) is 0 Å². The Balaban J connectivity index is 2.45. The fourth-order valence-corrected chi connectivity index (χ4v) is 1.78. The third-order valence-corrected chi connectivity index (χ3v) is 2.50. The van der Waals surface area contributed by atoms with E-state index in [2.05, 4.69) is 16.8 Å². The number of methoxy groups -OCH3 is 1. The fraction of sp³-hybridized carbons (Fsp3) is 0.875. The van der Waals surface area contributed by atoms with Crippen LogP contribution in [0.5, 0.6) is 0 Å². The third kappa shape index (κ3) is 2.40. The van der Waals surface area contributed by atoms with E-state index in [4.69, 9.17) is 17.0 Å².